The van der Waals surface area contributed by atoms with E-state index in [1.165, 1.54) is 31.3 Å². The van der Waals surface area contributed by atoms with Crippen LogP contribution in [0.3, 0.4) is 0 Å². The smallest absolute Gasteiger partial charge is 0.00747 e. The van der Waals surface area contributed by atoms with Crippen LogP contribution < -0.4 is 5.73 Å². The standard InChI is InChI=1S/C15H29N/c1-11(2)8-9-15(4,5)13-7-6-12(3)10-14(13)16/h12-14H,1,6-10,16H2,2-5H3. The van der Waals surface area contributed by atoms with Crippen molar-refractivity contribution in [2.75, 3.05) is 0 Å². The Bertz CT molecular complexity index is 242. The summed E-state index contributed by atoms with van der Waals surface area (Å²) in [6, 6.07) is 0.406. The van der Waals surface area contributed by atoms with E-state index in [1.54, 1.807) is 0 Å². The van der Waals surface area contributed by atoms with E-state index in [9.17, 15) is 0 Å². The quantitative estimate of drug-likeness (QED) is 0.712. The lowest BCUT2D eigenvalue weighted by atomic mass is 9.65. The monoisotopic (exact) mass is 223 g/mol. The molecule has 1 rings (SSSR count). The van der Waals surface area contributed by atoms with Crippen molar-refractivity contribution < 1.29 is 0 Å². The molecule has 1 nitrogen and oxygen atoms in total. The summed E-state index contributed by atoms with van der Waals surface area (Å²) in [5, 5.41) is 0. The first kappa shape index (κ1) is 13.8. The molecule has 94 valence electrons. The molecule has 0 heterocycles. The second kappa shape index (κ2) is 5.35. The van der Waals surface area contributed by atoms with Crippen molar-refractivity contribution in [3.63, 3.8) is 0 Å². The molecule has 2 N–H and O–H groups in total. The van der Waals surface area contributed by atoms with Gasteiger partial charge >= 0.3 is 0 Å². The Morgan fingerprint density at radius 3 is 2.50 bits per heavy atom. The summed E-state index contributed by atoms with van der Waals surface area (Å²) in [5.41, 5.74) is 8.01. The molecule has 1 aliphatic carbocycles. The molecule has 0 spiro atoms. The predicted molar refractivity (Wildman–Crippen MR) is 72.3 cm³/mol. The van der Waals surface area contributed by atoms with Crippen LogP contribution in [0, 0.1) is 17.3 Å². The maximum Gasteiger partial charge on any atom is 0.00747 e. The molecule has 1 aliphatic rings. The number of allylic oxidation sites excluding steroid dienone is 1. The number of rotatable bonds is 4. The van der Waals surface area contributed by atoms with Crippen LogP contribution in [-0.2, 0) is 0 Å². The molecule has 0 aliphatic heterocycles. The minimum absolute atomic E-state index is 0.374. The summed E-state index contributed by atoms with van der Waals surface area (Å²) < 4.78 is 0. The van der Waals surface area contributed by atoms with E-state index in [0.717, 1.165) is 12.3 Å². The van der Waals surface area contributed by atoms with Gasteiger partial charge in [0.2, 0.25) is 0 Å². The van der Waals surface area contributed by atoms with Crippen LogP contribution >= 0.6 is 0 Å². The van der Waals surface area contributed by atoms with E-state index in [1.807, 2.05) is 0 Å². The number of hydrogen-bond donors (Lipinski definition) is 1. The van der Waals surface area contributed by atoms with Gasteiger partial charge in [0.05, 0.1) is 0 Å². The van der Waals surface area contributed by atoms with Crippen LogP contribution in [0.15, 0.2) is 12.2 Å². The Balaban J connectivity index is 2.56. The van der Waals surface area contributed by atoms with Gasteiger partial charge in [0.1, 0.15) is 0 Å². The summed E-state index contributed by atoms with van der Waals surface area (Å²) in [7, 11) is 0. The second-order valence-corrected chi connectivity index (χ2v) is 6.63. The Labute approximate surface area is 101 Å². The molecule has 3 atom stereocenters. The zero-order valence-electron chi connectivity index (χ0n) is 11.6. The van der Waals surface area contributed by atoms with Gasteiger partial charge < -0.3 is 5.73 Å². The lowest BCUT2D eigenvalue weighted by molar-refractivity contribution is 0.105. The lowest BCUT2D eigenvalue weighted by Gasteiger charge is -2.43. The highest BCUT2D eigenvalue weighted by atomic mass is 14.7. The number of nitrogens with two attached hydrogens (primary N) is 1. The first-order valence-electron chi connectivity index (χ1n) is 6.73. The molecule has 0 amide bonds. The van der Waals surface area contributed by atoms with Gasteiger partial charge in [0, 0.05) is 6.04 Å². The minimum Gasteiger partial charge on any atom is -0.327 e. The van der Waals surface area contributed by atoms with Gasteiger partial charge in [-0.15, -0.1) is 6.58 Å². The molecular weight excluding hydrogens is 194 g/mol. The molecule has 0 aromatic rings. The van der Waals surface area contributed by atoms with Crippen molar-refractivity contribution in [2.45, 2.75) is 65.8 Å². The van der Waals surface area contributed by atoms with Gasteiger partial charge in [-0.1, -0.05) is 32.8 Å². The van der Waals surface area contributed by atoms with Crippen molar-refractivity contribution in [3.05, 3.63) is 12.2 Å². The Morgan fingerprint density at radius 1 is 1.38 bits per heavy atom. The highest BCUT2D eigenvalue weighted by Gasteiger charge is 2.36. The van der Waals surface area contributed by atoms with Gasteiger partial charge in [-0.25, -0.2) is 0 Å². The van der Waals surface area contributed by atoms with Crippen LogP contribution in [0.1, 0.15) is 59.8 Å². The zero-order valence-corrected chi connectivity index (χ0v) is 11.6. The van der Waals surface area contributed by atoms with E-state index in [4.69, 9.17) is 5.73 Å². The third-order valence-electron chi connectivity index (χ3n) is 4.36. The zero-order chi connectivity index (χ0) is 12.3. The molecule has 1 fully saturated rings. The third-order valence-corrected chi connectivity index (χ3v) is 4.36. The van der Waals surface area contributed by atoms with E-state index in [-0.39, 0.29) is 0 Å². The molecule has 3 unspecified atom stereocenters. The Morgan fingerprint density at radius 2 is 2.00 bits per heavy atom. The van der Waals surface area contributed by atoms with Crippen LogP contribution in [-0.4, -0.2) is 6.04 Å². The van der Waals surface area contributed by atoms with E-state index < -0.39 is 0 Å². The fraction of sp³-hybridized carbons (Fsp3) is 0.867. The largest absolute Gasteiger partial charge is 0.327 e. The number of hydrogen-bond acceptors (Lipinski definition) is 1. The Hall–Kier alpha value is -0.300. The molecule has 1 saturated carbocycles. The van der Waals surface area contributed by atoms with Crippen molar-refractivity contribution in [1.82, 2.24) is 0 Å². The molecule has 0 aromatic carbocycles. The van der Waals surface area contributed by atoms with Crippen LogP contribution in [0.4, 0.5) is 0 Å². The summed E-state index contributed by atoms with van der Waals surface area (Å²) in [4.78, 5) is 0. The lowest BCUT2D eigenvalue weighted by Crippen LogP contribution is -2.43. The molecule has 1 heteroatoms. The van der Waals surface area contributed by atoms with E-state index in [0.29, 0.717) is 17.4 Å². The third kappa shape index (κ3) is 3.62. The van der Waals surface area contributed by atoms with Gasteiger partial charge in [-0.05, 0) is 49.9 Å². The first-order chi connectivity index (χ1) is 7.33. The van der Waals surface area contributed by atoms with Gasteiger partial charge in [0.15, 0.2) is 0 Å². The average Bonchev–Trinajstić information content (AvgIpc) is 2.14. The van der Waals surface area contributed by atoms with E-state index in [2.05, 4.69) is 34.3 Å². The fourth-order valence-electron chi connectivity index (χ4n) is 3.12. The topological polar surface area (TPSA) is 26.0 Å². The molecule has 0 saturated heterocycles. The van der Waals surface area contributed by atoms with Gasteiger partial charge in [-0.3, -0.25) is 0 Å². The van der Waals surface area contributed by atoms with Crippen LogP contribution in [0.2, 0.25) is 0 Å². The maximum atomic E-state index is 6.34. The molecule has 0 radical (unpaired) electrons. The van der Waals surface area contributed by atoms with E-state index >= 15 is 0 Å². The summed E-state index contributed by atoms with van der Waals surface area (Å²) in [6.07, 6.45) is 6.25. The van der Waals surface area contributed by atoms with Crippen LogP contribution in [0.5, 0.6) is 0 Å². The van der Waals surface area contributed by atoms with Crippen molar-refractivity contribution in [1.29, 1.82) is 0 Å². The summed E-state index contributed by atoms with van der Waals surface area (Å²) in [6.45, 7) is 13.2. The van der Waals surface area contributed by atoms with Crippen molar-refractivity contribution in [3.8, 4) is 0 Å². The average molecular weight is 223 g/mol. The van der Waals surface area contributed by atoms with Gasteiger partial charge in [0.25, 0.3) is 0 Å². The molecule has 0 aromatic heterocycles. The maximum absolute atomic E-state index is 6.34. The summed E-state index contributed by atoms with van der Waals surface area (Å²) >= 11 is 0. The SMILES string of the molecule is C=C(C)CCC(C)(C)C1CCC(C)CC1N. The van der Waals surface area contributed by atoms with Gasteiger partial charge in [-0.2, -0.15) is 0 Å². The predicted octanol–water partition coefficient (Wildman–Crippen LogP) is 4.13. The molecule has 16 heavy (non-hydrogen) atoms. The highest BCUT2D eigenvalue weighted by molar-refractivity contribution is 4.94. The minimum atomic E-state index is 0.374. The highest BCUT2D eigenvalue weighted by Crippen LogP contribution is 2.42. The second-order valence-electron chi connectivity index (χ2n) is 6.63. The molecule has 0 bridgehead atoms. The Kier molecular flexibility index (Phi) is 4.61. The van der Waals surface area contributed by atoms with Crippen LogP contribution in [0.25, 0.3) is 0 Å². The fourth-order valence-corrected chi connectivity index (χ4v) is 3.12. The molecular formula is C15H29N. The normalized spacial score (nSPS) is 31.4. The van der Waals surface area contributed by atoms with Crippen molar-refractivity contribution in [2.24, 2.45) is 23.0 Å². The first-order valence-corrected chi connectivity index (χ1v) is 6.73. The summed E-state index contributed by atoms with van der Waals surface area (Å²) in [5.74, 6) is 1.52. The van der Waals surface area contributed by atoms with Crippen molar-refractivity contribution >= 4 is 0 Å².